The molecule has 1 aromatic carbocycles. The summed E-state index contributed by atoms with van der Waals surface area (Å²) in [4.78, 5) is 11.6. The summed E-state index contributed by atoms with van der Waals surface area (Å²) >= 11 is 1.27. The molecule has 0 saturated heterocycles. The van der Waals surface area contributed by atoms with Crippen molar-refractivity contribution in [2.45, 2.75) is 6.92 Å². The first kappa shape index (κ1) is 11.9. The third-order valence-corrected chi connectivity index (χ3v) is 2.65. The average molecular weight is 226 g/mol. The molecule has 82 valence electrons. The summed E-state index contributed by atoms with van der Waals surface area (Å²) in [5.74, 6) is 2.03. The molecule has 0 amide bonds. The molecule has 0 unspecified atom stereocenters. The summed E-state index contributed by atoms with van der Waals surface area (Å²) in [5, 5.41) is 0.0368. The van der Waals surface area contributed by atoms with Crippen LogP contribution in [0.5, 0.6) is 11.5 Å². The number of benzene rings is 1. The number of hydrogen-bond acceptors (Lipinski definition) is 4. The molecule has 15 heavy (non-hydrogen) atoms. The summed E-state index contributed by atoms with van der Waals surface area (Å²) in [6, 6.07) is 5.18. The largest absolute Gasteiger partial charge is 0.497 e. The molecule has 0 saturated carbocycles. The highest BCUT2D eigenvalue weighted by Gasteiger charge is 2.09. The summed E-state index contributed by atoms with van der Waals surface area (Å²) in [6.07, 6.45) is 0. The van der Waals surface area contributed by atoms with Crippen molar-refractivity contribution in [1.82, 2.24) is 0 Å². The van der Waals surface area contributed by atoms with Gasteiger partial charge in [0.2, 0.25) is 5.12 Å². The molecular formula is C11H14O3S. The number of carbonyl (C=O) groups is 1. The third-order valence-electron chi connectivity index (χ3n) is 1.86. The Bertz CT molecular complexity index is 327. The molecule has 1 rings (SSSR count). The van der Waals surface area contributed by atoms with Gasteiger partial charge in [-0.1, -0.05) is 18.7 Å². The van der Waals surface area contributed by atoms with Crippen LogP contribution in [-0.4, -0.2) is 25.1 Å². The Hall–Kier alpha value is -1.16. The fourth-order valence-electron chi connectivity index (χ4n) is 1.14. The second-order valence-corrected chi connectivity index (χ2v) is 4.06. The van der Waals surface area contributed by atoms with Crippen LogP contribution in [0.3, 0.4) is 0 Å². The van der Waals surface area contributed by atoms with Crippen molar-refractivity contribution in [2.24, 2.45) is 0 Å². The van der Waals surface area contributed by atoms with Gasteiger partial charge in [-0.05, 0) is 17.9 Å². The third kappa shape index (κ3) is 3.16. The lowest BCUT2D eigenvalue weighted by Gasteiger charge is -2.06. The highest BCUT2D eigenvalue weighted by atomic mass is 32.2. The van der Waals surface area contributed by atoms with Gasteiger partial charge in [0.05, 0.1) is 14.2 Å². The standard InChI is InChI=1S/C11H14O3S/c1-4-15-11(12)8-5-9(13-2)7-10(6-8)14-3/h5-7H,4H2,1-3H3. The zero-order chi connectivity index (χ0) is 11.3. The molecule has 0 aliphatic heterocycles. The smallest absolute Gasteiger partial charge is 0.219 e. The molecule has 0 radical (unpaired) electrons. The van der Waals surface area contributed by atoms with Gasteiger partial charge < -0.3 is 9.47 Å². The van der Waals surface area contributed by atoms with Crippen LogP contribution in [0, 0.1) is 0 Å². The fourth-order valence-corrected chi connectivity index (χ4v) is 1.69. The molecule has 0 bridgehead atoms. The van der Waals surface area contributed by atoms with Crippen LogP contribution in [0.25, 0.3) is 0 Å². The number of rotatable bonds is 4. The predicted octanol–water partition coefficient (Wildman–Crippen LogP) is 2.60. The minimum absolute atomic E-state index is 0.0368. The van der Waals surface area contributed by atoms with E-state index in [9.17, 15) is 4.79 Å². The van der Waals surface area contributed by atoms with Crippen LogP contribution in [0.4, 0.5) is 0 Å². The van der Waals surface area contributed by atoms with Gasteiger partial charge in [-0.15, -0.1) is 0 Å². The van der Waals surface area contributed by atoms with Gasteiger partial charge in [-0.2, -0.15) is 0 Å². The van der Waals surface area contributed by atoms with Crippen molar-refractivity contribution in [3.63, 3.8) is 0 Å². The highest BCUT2D eigenvalue weighted by molar-refractivity contribution is 8.14. The van der Waals surface area contributed by atoms with E-state index in [2.05, 4.69) is 0 Å². The van der Waals surface area contributed by atoms with Gasteiger partial charge in [0.1, 0.15) is 11.5 Å². The van der Waals surface area contributed by atoms with Crippen molar-refractivity contribution < 1.29 is 14.3 Å². The molecular weight excluding hydrogens is 212 g/mol. The van der Waals surface area contributed by atoms with E-state index in [1.54, 1.807) is 32.4 Å². The maximum atomic E-state index is 11.6. The first-order valence-electron chi connectivity index (χ1n) is 4.61. The molecule has 0 aromatic heterocycles. The minimum atomic E-state index is 0.0368. The second-order valence-electron chi connectivity index (χ2n) is 2.82. The van der Waals surface area contributed by atoms with E-state index in [4.69, 9.17) is 9.47 Å². The molecule has 4 heteroatoms. The monoisotopic (exact) mass is 226 g/mol. The molecule has 0 aliphatic carbocycles. The lowest BCUT2D eigenvalue weighted by Crippen LogP contribution is -1.96. The quantitative estimate of drug-likeness (QED) is 0.790. The average Bonchev–Trinajstić information content (AvgIpc) is 2.28. The first-order chi connectivity index (χ1) is 7.21. The maximum Gasteiger partial charge on any atom is 0.219 e. The topological polar surface area (TPSA) is 35.5 Å². The van der Waals surface area contributed by atoms with Crippen LogP contribution in [0.2, 0.25) is 0 Å². The summed E-state index contributed by atoms with van der Waals surface area (Å²) in [6.45, 7) is 1.94. The van der Waals surface area contributed by atoms with Crippen molar-refractivity contribution >= 4 is 16.9 Å². The molecule has 0 N–H and O–H groups in total. The van der Waals surface area contributed by atoms with Crippen LogP contribution in [-0.2, 0) is 0 Å². The van der Waals surface area contributed by atoms with Crippen LogP contribution >= 0.6 is 11.8 Å². The van der Waals surface area contributed by atoms with Crippen molar-refractivity contribution in [2.75, 3.05) is 20.0 Å². The van der Waals surface area contributed by atoms with Gasteiger partial charge >= 0.3 is 0 Å². The van der Waals surface area contributed by atoms with Gasteiger partial charge in [0, 0.05) is 11.6 Å². The van der Waals surface area contributed by atoms with E-state index < -0.39 is 0 Å². The summed E-state index contributed by atoms with van der Waals surface area (Å²) in [7, 11) is 3.13. The molecule has 0 heterocycles. The predicted molar refractivity (Wildman–Crippen MR) is 62.0 cm³/mol. The number of carbonyl (C=O) groups excluding carboxylic acids is 1. The van der Waals surface area contributed by atoms with Gasteiger partial charge in [-0.3, -0.25) is 4.79 Å². The Labute approximate surface area is 93.8 Å². The Morgan fingerprint density at radius 1 is 1.20 bits per heavy atom. The summed E-state index contributed by atoms with van der Waals surface area (Å²) in [5.41, 5.74) is 0.609. The van der Waals surface area contributed by atoms with Crippen LogP contribution < -0.4 is 9.47 Å². The Balaban J connectivity index is 3.01. The van der Waals surface area contributed by atoms with E-state index in [1.807, 2.05) is 6.92 Å². The van der Waals surface area contributed by atoms with Gasteiger partial charge in [0.15, 0.2) is 0 Å². The van der Waals surface area contributed by atoms with E-state index in [0.29, 0.717) is 17.1 Å². The fraction of sp³-hybridized carbons (Fsp3) is 0.364. The van der Waals surface area contributed by atoms with Crippen LogP contribution in [0.15, 0.2) is 18.2 Å². The zero-order valence-electron chi connectivity index (χ0n) is 9.07. The number of thioether (sulfide) groups is 1. The van der Waals surface area contributed by atoms with E-state index in [-0.39, 0.29) is 5.12 Å². The molecule has 3 nitrogen and oxygen atoms in total. The number of hydrogen-bond donors (Lipinski definition) is 0. The van der Waals surface area contributed by atoms with Crippen LogP contribution in [0.1, 0.15) is 17.3 Å². The second kappa shape index (κ2) is 5.66. The van der Waals surface area contributed by atoms with Gasteiger partial charge in [-0.25, -0.2) is 0 Å². The maximum absolute atomic E-state index is 11.6. The van der Waals surface area contributed by atoms with Crippen molar-refractivity contribution in [1.29, 1.82) is 0 Å². The molecule has 0 spiro atoms. The lowest BCUT2D eigenvalue weighted by atomic mass is 10.2. The minimum Gasteiger partial charge on any atom is -0.497 e. The Kier molecular flexibility index (Phi) is 4.49. The zero-order valence-corrected chi connectivity index (χ0v) is 9.89. The normalized spacial score (nSPS) is 9.80. The lowest BCUT2D eigenvalue weighted by molar-refractivity contribution is 0.108. The number of ether oxygens (including phenoxy) is 2. The number of methoxy groups -OCH3 is 2. The molecule has 0 fully saturated rings. The summed E-state index contributed by atoms with van der Waals surface area (Å²) < 4.78 is 10.2. The van der Waals surface area contributed by atoms with Crippen molar-refractivity contribution in [3.05, 3.63) is 23.8 Å². The first-order valence-corrected chi connectivity index (χ1v) is 5.60. The van der Waals surface area contributed by atoms with E-state index in [0.717, 1.165) is 5.75 Å². The Morgan fingerprint density at radius 3 is 2.13 bits per heavy atom. The van der Waals surface area contributed by atoms with E-state index >= 15 is 0 Å². The SMILES string of the molecule is CCSC(=O)c1cc(OC)cc(OC)c1. The van der Waals surface area contributed by atoms with Crippen molar-refractivity contribution in [3.8, 4) is 11.5 Å². The van der Waals surface area contributed by atoms with E-state index in [1.165, 1.54) is 11.8 Å². The molecule has 1 aromatic rings. The van der Waals surface area contributed by atoms with Gasteiger partial charge in [0.25, 0.3) is 0 Å². The highest BCUT2D eigenvalue weighted by Crippen LogP contribution is 2.25. The molecule has 0 aliphatic rings. The Morgan fingerprint density at radius 2 is 1.73 bits per heavy atom. The molecule has 0 atom stereocenters.